The second kappa shape index (κ2) is 32.2. The van der Waals surface area contributed by atoms with Gasteiger partial charge < -0.3 is 15.1 Å². The van der Waals surface area contributed by atoms with Crippen LogP contribution in [-0.4, -0.2) is 40.3 Å². The van der Waals surface area contributed by atoms with Crippen LogP contribution in [0.15, 0.2) is 30.3 Å². The van der Waals surface area contributed by atoms with Crippen molar-refractivity contribution in [2.24, 2.45) is 17.8 Å². The van der Waals surface area contributed by atoms with Gasteiger partial charge in [0.05, 0.1) is 19.1 Å². The highest BCUT2D eigenvalue weighted by atomic mass is 31.2. The first-order valence-electron chi connectivity index (χ1n) is 19.6. The van der Waals surface area contributed by atoms with Gasteiger partial charge in [-0.1, -0.05) is 148 Å². The summed E-state index contributed by atoms with van der Waals surface area (Å²) in [6.07, 6.45) is 25.9. The summed E-state index contributed by atoms with van der Waals surface area (Å²) < 4.78 is 20.5. The van der Waals surface area contributed by atoms with Gasteiger partial charge in [0.25, 0.3) is 0 Å². The van der Waals surface area contributed by atoms with Gasteiger partial charge in [-0.05, 0) is 68.8 Å². The molecule has 286 valence electrons. The molecule has 8 nitrogen and oxygen atoms in total. The van der Waals surface area contributed by atoms with Gasteiger partial charge in [0.1, 0.15) is 0 Å². The van der Waals surface area contributed by atoms with Crippen molar-refractivity contribution in [2.45, 2.75) is 175 Å². The molecule has 1 aromatic carbocycles. The summed E-state index contributed by atoms with van der Waals surface area (Å²) in [4.78, 5) is 30.3. The molecule has 49 heavy (non-hydrogen) atoms. The third kappa shape index (κ3) is 30.8. The van der Waals surface area contributed by atoms with Crippen LogP contribution >= 0.6 is 7.82 Å². The Bertz CT molecular complexity index is 935. The highest BCUT2D eigenvalue weighted by molar-refractivity contribution is 7.47. The molecule has 1 unspecified atom stereocenters. The van der Waals surface area contributed by atoms with E-state index >= 15 is 0 Å². The van der Waals surface area contributed by atoms with Crippen molar-refractivity contribution in [2.75, 3.05) is 13.2 Å². The van der Waals surface area contributed by atoms with Crippen LogP contribution in [0.3, 0.4) is 0 Å². The number of phosphoric ester groups is 1. The van der Waals surface area contributed by atoms with Crippen LogP contribution in [-0.2, 0) is 29.6 Å². The second-order valence-corrected chi connectivity index (χ2v) is 15.4. The highest BCUT2D eigenvalue weighted by Gasteiger charge is 2.25. The Morgan fingerprint density at radius 3 is 1.67 bits per heavy atom. The number of carboxylic acid groups (broad SMARTS) is 2. The first-order chi connectivity index (χ1) is 23.5. The Balaban J connectivity index is 0.000000776. The molecule has 0 aromatic heterocycles. The fourth-order valence-electron chi connectivity index (χ4n) is 6.07. The molecule has 9 heteroatoms. The summed E-state index contributed by atoms with van der Waals surface area (Å²) in [7, 11) is -3.75. The minimum Gasteiger partial charge on any atom is -0.481 e. The van der Waals surface area contributed by atoms with E-state index in [1.54, 1.807) is 0 Å². The van der Waals surface area contributed by atoms with Gasteiger partial charge >= 0.3 is 19.8 Å². The highest BCUT2D eigenvalue weighted by Crippen LogP contribution is 2.43. The molecule has 1 aromatic rings. The second-order valence-electron chi connectivity index (χ2n) is 13.9. The Labute approximate surface area is 299 Å². The summed E-state index contributed by atoms with van der Waals surface area (Å²) in [5.74, 6) is -0.154. The van der Waals surface area contributed by atoms with Crippen molar-refractivity contribution in [3.05, 3.63) is 35.9 Å². The number of hydrogen-bond donors (Lipinski definition) is 3. The molecule has 1 atom stereocenters. The van der Waals surface area contributed by atoms with Crippen molar-refractivity contribution in [1.82, 2.24) is 0 Å². The van der Waals surface area contributed by atoms with Gasteiger partial charge in [-0.3, -0.25) is 18.6 Å². The molecule has 0 saturated heterocycles. The largest absolute Gasteiger partial charge is 0.481 e. The maximum Gasteiger partial charge on any atom is 0.472 e. The number of phosphoric acid groups is 1. The monoisotopic (exact) mass is 713 g/mol. The van der Waals surface area contributed by atoms with Gasteiger partial charge in [-0.25, -0.2) is 4.57 Å². The van der Waals surface area contributed by atoms with E-state index < -0.39 is 19.8 Å². The van der Waals surface area contributed by atoms with Gasteiger partial charge in [-0.2, -0.15) is 0 Å². The van der Waals surface area contributed by atoms with Crippen molar-refractivity contribution >= 4 is 19.8 Å². The maximum absolute atomic E-state index is 11.1. The van der Waals surface area contributed by atoms with Crippen molar-refractivity contribution in [3.8, 4) is 0 Å². The van der Waals surface area contributed by atoms with E-state index in [4.69, 9.17) is 24.2 Å². The Morgan fingerprint density at radius 2 is 1.22 bits per heavy atom. The molecule has 0 radical (unpaired) electrons. The molecule has 1 aliphatic carbocycles. The molecular formula is C40H73O8P. The molecule has 0 aliphatic heterocycles. The number of carboxylic acids is 2. The standard InChI is InChI=1S/C22H36O2.C10H18O2.C8H19O4P/c1-20(19-22(23)24)15-11-8-6-4-2-3-5-7-9-12-16-21-17-13-10-14-18-21;1-2-3-8-4-6-9(7-5-8)10(11)12;1-3-5-7-11-13(9,10)12-8-6-4-2/h10,13-14,17-18,20H,2-9,11-12,15-16,19H2,1H3,(H,23,24);8-9H,2-7H2,1H3,(H,11,12);3-8H2,1-2H3,(H,9,10). The van der Waals surface area contributed by atoms with Crippen LogP contribution < -0.4 is 0 Å². The number of aryl methyl sites for hydroxylation is 1. The minimum atomic E-state index is -3.75. The lowest BCUT2D eigenvalue weighted by Crippen LogP contribution is -2.21. The van der Waals surface area contributed by atoms with Crippen LogP contribution in [0, 0.1) is 17.8 Å². The third-order valence-corrected chi connectivity index (χ3v) is 10.2. The van der Waals surface area contributed by atoms with Crippen LogP contribution in [0.2, 0.25) is 0 Å². The SMILES string of the molecule is CC(CCCCCCCCCCCCc1ccccc1)CC(=O)O.CCCC1CCC(C(=O)O)CC1.CCCCOP(=O)(O)OCCCC. The molecule has 0 spiro atoms. The Morgan fingerprint density at radius 1 is 0.735 bits per heavy atom. The molecule has 1 fully saturated rings. The molecular weight excluding hydrogens is 639 g/mol. The molecule has 0 heterocycles. The number of aliphatic carboxylic acids is 2. The normalized spacial score (nSPS) is 16.5. The van der Waals surface area contributed by atoms with Gasteiger partial charge in [-0.15, -0.1) is 0 Å². The van der Waals surface area contributed by atoms with E-state index in [2.05, 4.69) is 37.3 Å². The van der Waals surface area contributed by atoms with Gasteiger partial charge in [0.15, 0.2) is 0 Å². The fraction of sp³-hybridized carbons (Fsp3) is 0.800. The minimum absolute atomic E-state index is 0.0434. The van der Waals surface area contributed by atoms with Crippen molar-refractivity contribution < 1.29 is 38.3 Å². The van der Waals surface area contributed by atoms with Crippen LogP contribution in [0.25, 0.3) is 0 Å². The lowest BCUT2D eigenvalue weighted by atomic mass is 9.80. The zero-order chi connectivity index (χ0) is 36.6. The predicted molar refractivity (Wildman–Crippen MR) is 202 cm³/mol. The zero-order valence-corrected chi connectivity index (χ0v) is 32.5. The van der Waals surface area contributed by atoms with E-state index in [0.29, 0.717) is 12.3 Å². The molecule has 0 amide bonds. The molecule has 2 rings (SSSR count). The van der Waals surface area contributed by atoms with E-state index in [0.717, 1.165) is 63.7 Å². The first kappa shape index (κ1) is 47.3. The first-order valence-corrected chi connectivity index (χ1v) is 21.1. The lowest BCUT2D eigenvalue weighted by Gasteiger charge is -2.25. The summed E-state index contributed by atoms with van der Waals surface area (Å²) in [5, 5.41) is 17.5. The van der Waals surface area contributed by atoms with Crippen LogP contribution in [0.4, 0.5) is 0 Å². The molecule has 3 N–H and O–H groups in total. The average molecular weight is 713 g/mol. The molecule has 0 bridgehead atoms. The van der Waals surface area contributed by atoms with Crippen LogP contribution in [0.1, 0.15) is 175 Å². The number of unbranched alkanes of at least 4 members (excludes halogenated alkanes) is 11. The third-order valence-electron chi connectivity index (χ3n) is 9.18. The summed E-state index contributed by atoms with van der Waals surface area (Å²) in [6.45, 7) is 8.80. The van der Waals surface area contributed by atoms with E-state index in [1.165, 1.54) is 89.0 Å². The van der Waals surface area contributed by atoms with Crippen molar-refractivity contribution in [3.63, 3.8) is 0 Å². The lowest BCUT2D eigenvalue weighted by molar-refractivity contribution is -0.143. The van der Waals surface area contributed by atoms with Gasteiger partial charge in [0.2, 0.25) is 0 Å². The topological polar surface area (TPSA) is 130 Å². The average Bonchev–Trinajstić information content (AvgIpc) is 3.06. The predicted octanol–water partition coefficient (Wildman–Crippen LogP) is 12.0. The summed E-state index contributed by atoms with van der Waals surface area (Å²) in [6, 6.07) is 10.8. The molecule has 1 saturated carbocycles. The molecule has 1 aliphatic rings. The Hall–Kier alpha value is -1.73. The van der Waals surface area contributed by atoms with E-state index in [9.17, 15) is 14.2 Å². The summed E-state index contributed by atoms with van der Waals surface area (Å²) in [5.41, 5.74) is 1.47. The number of rotatable bonds is 26. The van der Waals surface area contributed by atoms with E-state index in [-0.39, 0.29) is 19.1 Å². The summed E-state index contributed by atoms with van der Waals surface area (Å²) >= 11 is 0. The Kier molecular flexibility index (Phi) is 31.1. The number of benzene rings is 1. The van der Waals surface area contributed by atoms with E-state index in [1.807, 2.05) is 20.8 Å². The van der Waals surface area contributed by atoms with Gasteiger partial charge in [0, 0.05) is 6.42 Å². The fourth-order valence-corrected chi connectivity index (χ4v) is 6.87. The maximum atomic E-state index is 11.1. The zero-order valence-electron chi connectivity index (χ0n) is 31.6. The number of hydrogen-bond acceptors (Lipinski definition) is 5. The van der Waals surface area contributed by atoms with Crippen molar-refractivity contribution in [1.29, 1.82) is 0 Å². The smallest absolute Gasteiger partial charge is 0.472 e. The van der Waals surface area contributed by atoms with Crippen LogP contribution in [0.5, 0.6) is 0 Å². The quantitative estimate of drug-likeness (QED) is 0.0639. The number of carbonyl (C=O) groups is 2.